The Kier molecular flexibility index (Phi) is 9.46. The summed E-state index contributed by atoms with van der Waals surface area (Å²) in [6.07, 6.45) is 0.802. The predicted octanol–water partition coefficient (Wildman–Crippen LogP) is 2.73. The number of rotatable bonds is 9. The summed E-state index contributed by atoms with van der Waals surface area (Å²) in [6, 6.07) is 6.44. The van der Waals surface area contributed by atoms with Crippen LogP contribution in [0.25, 0.3) is 0 Å². The van der Waals surface area contributed by atoms with Crippen molar-refractivity contribution in [3.63, 3.8) is 0 Å². The Morgan fingerprint density at radius 2 is 1.74 bits per heavy atom. The number of likely N-dealkylation sites (tertiary alicyclic amines) is 1. The Morgan fingerprint density at radius 3 is 2.29 bits per heavy atom. The molecule has 0 aliphatic carbocycles. The first kappa shape index (κ1) is 27.1. The van der Waals surface area contributed by atoms with E-state index in [1.165, 1.54) is 4.90 Å². The molecule has 0 bridgehead atoms. The van der Waals surface area contributed by atoms with Crippen LogP contribution in [0.2, 0.25) is 0 Å². The molecule has 0 aromatic heterocycles. The van der Waals surface area contributed by atoms with Crippen LogP contribution < -0.4 is 10.6 Å². The van der Waals surface area contributed by atoms with Gasteiger partial charge in [0.2, 0.25) is 11.8 Å². The van der Waals surface area contributed by atoms with Gasteiger partial charge in [0, 0.05) is 13.0 Å². The molecule has 3 atom stereocenters. The number of amides is 3. The number of hydrogen-bond acceptors (Lipinski definition) is 5. The van der Waals surface area contributed by atoms with Gasteiger partial charge < -0.3 is 25.4 Å². The molecule has 3 N–H and O–H groups in total. The fourth-order valence-corrected chi connectivity index (χ4v) is 3.96. The van der Waals surface area contributed by atoms with Crippen molar-refractivity contribution in [2.75, 3.05) is 6.54 Å². The quantitative estimate of drug-likeness (QED) is 0.504. The molecular weight excluding hydrogens is 438 g/mol. The summed E-state index contributed by atoms with van der Waals surface area (Å²) >= 11 is 0. The van der Waals surface area contributed by atoms with E-state index in [2.05, 4.69) is 10.6 Å². The van der Waals surface area contributed by atoms with Crippen LogP contribution in [0.15, 0.2) is 30.3 Å². The molecule has 9 nitrogen and oxygen atoms in total. The number of hydrogen-bond donors (Lipinski definition) is 3. The van der Waals surface area contributed by atoms with Gasteiger partial charge in [-0.2, -0.15) is 0 Å². The molecule has 1 aromatic carbocycles. The number of ether oxygens (including phenoxy) is 1. The molecule has 1 aromatic rings. The van der Waals surface area contributed by atoms with Crippen LogP contribution in [-0.4, -0.2) is 64.2 Å². The molecule has 2 rings (SSSR count). The van der Waals surface area contributed by atoms with E-state index in [0.717, 1.165) is 5.56 Å². The van der Waals surface area contributed by atoms with Gasteiger partial charge >= 0.3 is 12.1 Å². The Balaban J connectivity index is 2.22. The summed E-state index contributed by atoms with van der Waals surface area (Å²) in [5.41, 5.74) is 0.0891. The summed E-state index contributed by atoms with van der Waals surface area (Å²) in [5, 5.41) is 14.9. The van der Waals surface area contributed by atoms with Gasteiger partial charge in [0.25, 0.3) is 0 Å². The molecule has 1 heterocycles. The fraction of sp³-hybridized carbons (Fsp3) is 0.600. The van der Waals surface area contributed by atoms with Crippen molar-refractivity contribution in [2.45, 2.75) is 84.0 Å². The molecule has 1 aliphatic heterocycles. The zero-order chi connectivity index (χ0) is 25.5. The van der Waals surface area contributed by atoms with Crippen molar-refractivity contribution >= 4 is 23.9 Å². The maximum Gasteiger partial charge on any atom is 0.408 e. The van der Waals surface area contributed by atoms with Crippen molar-refractivity contribution in [2.24, 2.45) is 5.92 Å². The molecule has 188 valence electrons. The zero-order valence-corrected chi connectivity index (χ0v) is 20.7. The van der Waals surface area contributed by atoms with Crippen LogP contribution in [0.5, 0.6) is 0 Å². The van der Waals surface area contributed by atoms with E-state index < -0.39 is 47.6 Å². The first-order chi connectivity index (χ1) is 15.9. The van der Waals surface area contributed by atoms with Gasteiger partial charge in [-0.3, -0.25) is 9.59 Å². The van der Waals surface area contributed by atoms with Gasteiger partial charge in [-0.05, 0) is 51.5 Å². The van der Waals surface area contributed by atoms with Crippen molar-refractivity contribution in [1.82, 2.24) is 15.5 Å². The number of nitrogens with zero attached hydrogens (tertiary/aromatic N) is 1. The Hall–Kier alpha value is -3.10. The average Bonchev–Trinajstić information content (AvgIpc) is 3.21. The van der Waals surface area contributed by atoms with Crippen LogP contribution in [0, 0.1) is 5.92 Å². The van der Waals surface area contributed by atoms with E-state index in [1.54, 1.807) is 20.8 Å². The number of carbonyl (C=O) groups is 4. The summed E-state index contributed by atoms with van der Waals surface area (Å²) in [7, 11) is 0. The lowest BCUT2D eigenvalue weighted by Gasteiger charge is -2.30. The van der Waals surface area contributed by atoms with Gasteiger partial charge in [-0.1, -0.05) is 44.2 Å². The summed E-state index contributed by atoms with van der Waals surface area (Å²) in [5.74, 6) is -1.91. The maximum atomic E-state index is 13.3. The van der Waals surface area contributed by atoms with Gasteiger partial charge in [-0.25, -0.2) is 9.59 Å². The molecular formula is C25H37N3O6. The average molecular weight is 476 g/mol. The normalized spacial score (nSPS) is 17.7. The molecule has 0 unspecified atom stereocenters. The summed E-state index contributed by atoms with van der Waals surface area (Å²) < 4.78 is 5.32. The summed E-state index contributed by atoms with van der Waals surface area (Å²) in [6.45, 7) is 9.36. The lowest BCUT2D eigenvalue weighted by molar-refractivity contribution is -0.149. The SMILES string of the molecule is CC(C)C[C@H](NC(=O)[C@H](Cc1ccccc1)NC(=O)OC(C)(C)C)C(=O)N1CCC[C@H]1C(=O)O. The number of alkyl carbamates (subject to hydrolysis) is 1. The first-order valence-electron chi connectivity index (χ1n) is 11.7. The first-order valence-corrected chi connectivity index (χ1v) is 11.7. The van der Waals surface area contributed by atoms with Crippen LogP contribution >= 0.6 is 0 Å². The second kappa shape index (κ2) is 11.9. The zero-order valence-electron chi connectivity index (χ0n) is 20.7. The van der Waals surface area contributed by atoms with Gasteiger partial charge in [0.05, 0.1) is 0 Å². The molecule has 1 saturated heterocycles. The molecule has 0 spiro atoms. The number of carbonyl (C=O) groups excluding carboxylic acids is 3. The standard InChI is InChI=1S/C25H37N3O6/c1-16(2)14-19(22(30)28-13-9-12-20(28)23(31)32)26-21(29)18(15-17-10-7-6-8-11-17)27-24(33)34-25(3,4)5/h6-8,10-11,16,18-20H,9,12-15H2,1-5H3,(H,26,29)(H,27,33)(H,31,32)/t18-,19-,20-/m0/s1. The van der Waals surface area contributed by atoms with E-state index in [-0.39, 0.29) is 12.3 Å². The van der Waals surface area contributed by atoms with E-state index >= 15 is 0 Å². The van der Waals surface area contributed by atoms with Crippen molar-refractivity contribution < 1.29 is 29.0 Å². The topological polar surface area (TPSA) is 125 Å². The summed E-state index contributed by atoms with van der Waals surface area (Å²) in [4.78, 5) is 51.9. The third kappa shape index (κ3) is 8.35. The minimum absolute atomic E-state index is 0.0755. The number of aliphatic carboxylic acids is 1. The lowest BCUT2D eigenvalue weighted by Crippen LogP contribution is -2.56. The van der Waals surface area contributed by atoms with Crippen LogP contribution in [0.3, 0.4) is 0 Å². The fourth-order valence-electron chi connectivity index (χ4n) is 3.96. The Labute approximate surface area is 201 Å². The highest BCUT2D eigenvalue weighted by molar-refractivity contribution is 5.93. The van der Waals surface area contributed by atoms with Gasteiger partial charge in [0.15, 0.2) is 0 Å². The highest BCUT2D eigenvalue weighted by atomic mass is 16.6. The van der Waals surface area contributed by atoms with Crippen molar-refractivity contribution in [1.29, 1.82) is 0 Å². The third-order valence-electron chi connectivity index (χ3n) is 5.43. The molecule has 9 heteroatoms. The van der Waals surface area contributed by atoms with Gasteiger partial charge in [0.1, 0.15) is 23.7 Å². The number of nitrogens with one attached hydrogen (secondary N) is 2. The third-order valence-corrected chi connectivity index (χ3v) is 5.43. The monoisotopic (exact) mass is 475 g/mol. The largest absolute Gasteiger partial charge is 0.480 e. The minimum Gasteiger partial charge on any atom is -0.480 e. The highest BCUT2D eigenvalue weighted by Gasteiger charge is 2.38. The second-order valence-corrected chi connectivity index (χ2v) is 10.1. The van der Waals surface area contributed by atoms with Crippen molar-refractivity contribution in [3.05, 3.63) is 35.9 Å². The highest BCUT2D eigenvalue weighted by Crippen LogP contribution is 2.20. The molecule has 1 aliphatic rings. The van der Waals surface area contributed by atoms with Gasteiger partial charge in [-0.15, -0.1) is 0 Å². The second-order valence-electron chi connectivity index (χ2n) is 10.1. The molecule has 34 heavy (non-hydrogen) atoms. The van der Waals surface area contributed by atoms with E-state index in [4.69, 9.17) is 4.74 Å². The number of carboxylic acid groups (broad SMARTS) is 1. The van der Waals surface area contributed by atoms with E-state index in [0.29, 0.717) is 25.8 Å². The van der Waals surface area contributed by atoms with E-state index in [9.17, 15) is 24.3 Å². The van der Waals surface area contributed by atoms with Crippen LogP contribution in [0.4, 0.5) is 4.79 Å². The predicted molar refractivity (Wildman–Crippen MR) is 127 cm³/mol. The number of benzene rings is 1. The molecule has 1 fully saturated rings. The van der Waals surface area contributed by atoms with Crippen molar-refractivity contribution in [3.8, 4) is 0 Å². The molecule has 0 radical (unpaired) electrons. The Morgan fingerprint density at radius 1 is 1.09 bits per heavy atom. The minimum atomic E-state index is -1.05. The lowest BCUT2D eigenvalue weighted by atomic mass is 10.0. The smallest absolute Gasteiger partial charge is 0.408 e. The molecule has 3 amide bonds. The van der Waals surface area contributed by atoms with Crippen LogP contribution in [-0.2, 0) is 25.5 Å². The molecule has 0 saturated carbocycles. The maximum absolute atomic E-state index is 13.3. The Bertz CT molecular complexity index is 865. The van der Waals surface area contributed by atoms with E-state index in [1.807, 2.05) is 44.2 Å². The van der Waals surface area contributed by atoms with Crippen LogP contribution in [0.1, 0.15) is 59.4 Å². The number of carboxylic acids is 1.